The quantitative estimate of drug-likeness (QED) is 0.0520. The first-order valence-electron chi connectivity index (χ1n) is 21.2. The standard InChI is InChI=1S/C20H34O4S3.5C4H9.2Sn.H/c1-3-5-7-9-11-13-15-26(21,22)19-17-25-18-20(19)27(23,24)16-14-12-10-8-6-4-2;5*1-3-4-2;;;/h3-16H2,1-2H3;5*1,3-4H2,2H3;;;. The van der Waals surface area contributed by atoms with Gasteiger partial charge in [0.25, 0.3) is 0 Å². The third-order valence-electron chi connectivity index (χ3n) is 10.7. The zero-order chi connectivity index (χ0) is 36.6. The molecule has 0 aliphatic carbocycles. The Hall–Kier alpha value is 1.20. The van der Waals surface area contributed by atoms with Crippen LogP contribution in [0.1, 0.15) is 190 Å². The van der Waals surface area contributed by atoms with Crippen molar-refractivity contribution in [3.05, 3.63) is 0 Å². The number of thiophene rings is 1. The van der Waals surface area contributed by atoms with Crippen molar-refractivity contribution in [3.63, 3.8) is 0 Å². The number of rotatable bonds is 33. The summed E-state index contributed by atoms with van der Waals surface area (Å²) in [6, 6.07) is 0. The van der Waals surface area contributed by atoms with E-state index in [-0.39, 0.29) is 11.5 Å². The Bertz CT molecular complexity index is 1160. The van der Waals surface area contributed by atoms with Crippen LogP contribution in [0.4, 0.5) is 0 Å². The van der Waals surface area contributed by atoms with Crippen LogP contribution in [0, 0.1) is 0 Å². The summed E-state index contributed by atoms with van der Waals surface area (Å²) < 4.78 is 68.0. The van der Waals surface area contributed by atoms with E-state index in [2.05, 4.69) is 48.5 Å². The molecule has 0 aliphatic rings. The number of hydrogen-bond donors (Lipinski definition) is 0. The SMILES string of the molecule is CCCCCCCCS(=O)(=O)c1[c]([SnH]([CH2]CCC)[CH2]CCC)s[c]([Sn]([CH2]CCC)([CH2]CCC)[CH2]CCC)c1S(=O)(=O)CCCCCCCC. The van der Waals surface area contributed by atoms with Crippen molar-refractivity contribution in [1.82, 2.24) is 0 Å². The molecular weight excluding hydrogens is 878 g/mol. The second kappa shape index (κ2) is 27.7. The van der Waals surface area contributed by atoms with Gasteiger partial charge in [0, 0.05) is 0 Å². The molecule has 4 nitrogen and oxygen atoms in total. The molecule has 49 heavy (non-hydrogen) atoms. The van der Waals surface area contributed by atoms with Crippen LogP contribution in [-0.4, -0.2) is 66.5 Å². The van der Waals surface area contributed by atoms with Crippen molar-refractivity contribution >= 4 is 74.9 Å². The van der Waals surface area contributed by atoms with Gasteiger partial charge >= 0.3 is 325 Å². The van der Waals surface area contributed by atoms with Gasteiger partial charge in [-0.25, -0.2) is 0 Å². The van der Waals surface area contributed by atoms with Crippen molar-refractivity contribution in [2.75, 3.05) is 11.5 Å². The van der Waals surface area contributed by atoms with Gasteiger partial charge in [-0.1, -0.05) is 0 Å². The Kier molecular flexibility index (Phi) is 27.3. The summed E-state index contributed by atoms with van der Waals surface area (Å²) in [5, 5.41) is 0. The summed E-state index contributed by atoms with van der Waals surface area (Å²) in [6.07, 6.45) is 23.6. The normalized spacial score (nSPS) is 12.8. The zero-order valence-electron chi connectivity index (χ0n) is 33.4. The van der Waals surface area contributed by atoms with Gasteiger partial charge in [-0.05, 0) is 0 Å². The van der Waals surface area contributed by atoms with Crippen LogP contribution in [0.2, 0.25) is 22.2 Å². The van der Waals surface area contributed by atoms with Gasteiger partial charge in [-0.15, -0.1) is 0 Å². The van der Waals surface area contributed by atoms with Gasteiger partial charge in [0.15, 0.2) is 0 Å². The average Bonchev–Trinajstić information content (AvgIpc) is 3.51. The molecule has 9 heteroatoms. The van der Waals surface area contributed by atoms with Crippen LogP contribution in [0.25, 0.3) is 0 Å². The van der Waals surface area contributed by atoms with E-state index < -0.39 is 57.8 Å². The summed E-state index contributed by atoms with van der Waals surface area (Å²) in [4.78, 5) is 0.825. The molecule has 0 bridgehead atoms. The van der Waals surface area contributed by atoms with Crippen molar-refractivity contribution in [2.24, 2.45) is 0 Å². The van der Waals surface area contributed by atoms with Gasteiger partial charge in [-0.3, -0.25) is 0 Å². The first kappa shape index (κ1) is 48.2. The van der Waals surface area contributed by atoms with Gasteiger partial charge < -0.3 is 0 Å². The molecule has 1 heterocycles. The first-order chi connectivity index (χ1) is 23.5. The average molecular weight is 959 g/mol. The molecule has 0 radical (unpaired) electrons. The molecule has 0 amide bonds. The molecular formula is C40H80O4S3Sn2. The Morgan fingerprint density at radius 1 is 0.449 bits per heavy atom. The molecule has 1 aromatic heterocycles. The molecule has 0 unspecified atom stereocenters. The molecule has 290 valence electrons. The van der Waals surface area contributed by atoms with Gasteiger partial charge in [0.05, 0.1) is 0 Å². The molecule has 0 N–H and O–H groups in total. The molecule has 0 fully saturated rings. The fraction of sp³-hybridized carbons (Fsp3) is 0.900. The topological polar surface area (TPSA) is 68.3 Å². The Morgan fingerprint density at radius 3 is 1.18 bits per heavy atom. The van der Waals surface area contributed by atoms with Crippen LogP contribution in [-0.2, 0) is 19.7 Å². The monoisotopic (exact) mass is 960 g/mol. The van der Waals surface area contributed by atoms with E-state index in [9.17, 15) is 16.8 Å². The molecule has 0 atom stereocenters. The molecule has 0 spiro atoms. The van der Waals surface area contributed by atoms with Crippen LogP contribution in [0.3, 0.4) is 0 Å². The number of sulfone groups is 2. The third-order valence-corrected chi connectivity index (χ3v) is 47.7. The fourth-order valence-electron chi connectivity index (χ4n) is 7.53. The van der Waals surface area contributed by atoms with Crippen LogP contribution < -0.4 is 5.79 Å². The van der Waals surface area contributed by atoms with Gasteiger partial charge in [0.1, 0.15) is 0 Å². The summed E-state index contributed by atoms with van der Waals surface area (Å²) in [6.45, 7) is 15.7. The minimum absolute atomic E-state index is 0.114. The molecule has 0 aliphatic heterocycles. The predicted molar refractivity (Wildman–Crippen MR) is 226 cm³/mol. The van der Waals surface area contributed by atoms with Gasteiger partial charge in [0.2, 0.25) is 0 Å². The van der Waals surface area contributed by atoms with Crippen LogP contribution in [0.5, 0.6) is 0 Å². The predicted octanol–water partition coefficient (Wildman–Crippen LogP) is 12.1. The fourth-order valence-corrected chi connectivity index (χ4v) is 54.7. The summed E-state index contributed by atoms with van der Waals surface area (Å²) in [5.74, 6) is 0.229. The van der Waals surface area contributed by atoms with E-state index in [0.717, 1.165) is 114 Å². The Morgan fingerprint density at radius 2 is 0.796 bits per heavy atom. The van der Waals surface area contributed by atoms with Crippen molar-refractivity contribution < 1.29 is 16.8 Å². The molecule has 1 rings (SSSR count). The van der Waals surface area contributed by atoms with E-state index >= 15 is 0 Å². The van der Waals surface area contributed by atoms with E-state index in [1.807, 2.05) is 11.3 Å². The Labute approximate surface area is 322 Å². The minimum atomic E-state index is -3.73. The van der Waals surface area contributed by atoms with Crippen molar-refractivity contribution in [3.8, 4) is 0 Å². The van der Waals surface area contributed by atoms with Crippen LogP contribution in [0.15, 0.2) is 9.79 Å². The summed E-state index contributed by atoms with van der Waals surface area (Å²) in [5.41, 5.74) is 0. The van der Waals surface area contributed by atoms with E-state index in [4.69, 9.17) is 0 Å². The summed E-state index contributed by atoms with van der Waals surface area (Å²) in [7, 11) is -7.45. The first-order valence-corrected chi connectivity index (χ1v) is 39.1. The van der Waals surface area contributed by atoms with E-state index in [1.54, 1.807) is 0 Å². The molecule has 0 saturated heterocycles. The van der Waals surface area contributed by atoms with E-state index in [0.29, 0.717) is 22.6 Å². The molecule has 1 aromatic rings. The Balaban J connectivity index is 4.13. The maximum atomic E-state index is 15.0. The molecule has 0 aromatic carbocycles. The van der Waals surface area contributed by atoms with Gasteiger partial charge in [-0.2, -0.15) is 0 Å². The zero-order valence-corrected chi connectivity index (χ0v) is 42.0. The second-order valence-electron chi connectivity index (χ2n) is 15.2. The second-order valence-corrected chi connectivity index (χ2v) is 44.5. The number of unbranched alkanes of at least 4 members (excludes halogenated alkanes) is 15. The third kappa shape index (κ3) is 17.0. The maximum absolute atomic E-state index is 15.0. The van der Waals surface area contributed by atoms with Crippen molar-refractivity contribution in [1.29, 1.82) is 0 Å². The van der Waals surface area contributed by atoms with E-state index in [1.165, 1.54) is 41.9 Å². The van der Waals surface area contributed by atoms with Crippen LogP contribution >= 0.6 is 11.3 Å². The molecule has 0 saturated carbocycles. The number of hydrogen-bond acceptors (Lipinski definition) is 5. The summed E-state index contributed by atoms with van der Waals surface area (Å²) >= 11 is -4.13. The van der Waals surface area contributed by atoms with Crippen molar-refractivity contribution in [2.45, 2.75) is 222 Å².